The highest BCUT2D eigenvalue weighted by Gasteiger charge is 2.22. The molecule has 1 aliphatic carbocycles. The van der Waals surface area contributed by atoms with Gasteiger partial charge in [-0.2, -0.15) is 0 Å². The molecule has 1 N–H and O–H groups in total. The van der Waals surface area contributed by atoms with Crippen LogP contribution in [0.4, 0.5) is 5.13 Å². The Hall–Kier alpha value is -0.610. The van der Waals surface area contributed by atoms with Gasteiger partial charge in [0.15, 0.2) is 5.13 Å². The van der Waals surface area contributed by atoms with Gasteiger partial charge in [-0.1, -0.05) is 33.6 Å². The minimum Gasteiger partial charge on any atom is -0.348 e. The minimum atomic E-state index is 0.775. The number of anilines is 1. The van der Waals surface area contributed by atoms with Crippen LogP contribution in [-0.2, 0) is 13.0 Å². The second kappa shape index (κ2) is 8.74. The summed E-state index contributed by atoms with van der Waals surface area (Å²) >= 11 is 1.92. The van der Waals surface area contributed by atoms with Crippen molar-refractivity contribution in [2.75, 3.05) is 18.0 Å². The van der Waals surface area contributed by atoms with E-state index in [1.807, 2.05) is 11.3 Å². The maximum absolute atomic E-state index is 4.94. The summed E-state index contributed by atoms with van der Waals surface area (Å²) in [5, 5.41) is 4.89. The van der Waals surface area contributed by atoms with Crippen LogP contribution in [0.5, 0.6) is 0 Å². The van der Waals surface area contributed by atoms with Crippen molar-refractivity contribution in [2.24, 2.45) is 0 Å². The maximum Gasteiger partial charge on any atom is 0.185 e. The van der Waals surface area contributed by atoms with E-state index in [0.29, 0.717) is 0 Å². The van der Waals surface area contributed by atoms with Gasteiger partial charge in [0.25, 0.3) is 0 Å². The Kier molecular flexibility index (Phi) is 6.97. The van der Waals surface area contributed by atoms with Crippen LogP contribution in [0.3, 0.4) is 0 Å². The fourth-order valence-corrected chi connectivity index (χ4v) is 3.60. The summed E-state index contributed by atoms with van der Waals surface area (Å²) < 4.78 is 0. The average Bonchev–Trinajstić information content (AvgIpc) is 3.24. The summed E-state index contributed by atoms with van der Waals surface area (Å²) in [7, 11) is 0. The van der Waals surface area contributed by atoms with E-state index in [1.54, 1.807) is 0 Å². The van der Waals surface area contributed by atoms with E-state index in [1.165, 1.54) is 54.2 Å². The third kappa shape index (κ3) is 5.26. The summed E-state index contributed by atoms with van der Waals surface area (Å²) in [6.07, 6.45) is 8.79. The highest BCUT2D eigenvalue weighted by atomic mass is 32.1. The van der Waals surface area contributed by atoms with Crippen LogP contribution in [0.25, 0.3) is 0 Å². The number of hydrogen-bond acceptors (Lipinski definition) is 4. The number of nitrogens with zero attached hydrogens (tertiary/aromatic N) is 2. The van der Waals surface area contributed by atoms with Gasteiger partial charge in [-0.25, -0.2) is 4.98 Å². The molecule has 0 bridgehead atoms. The van der Waals surface area contributed by atoms with Crippen molar-refractivity contribution in [1.82, 2.24) is 10.3 Å². The first-order chi connectivity index (χ1) is 10.3. The van der Waals surface area contributed by atoms with Crippen molar-refractivity contribution in [1.29, 1.82) is 0 Å². The molecule has 0 radical (unpaired) electrons. The van der Waals surface area contributed by atoms with Gasteiger partial charge in [0.2, 0.25) is 0 Å². The minimum absolute atomic E-state index is 0.775. The Morgan fingerprint density at radius 2 is 1.81 bits per heavy atom. The molecule has 0 aromatic carbocycles. The predicted molar refractivity (Wildman–Crippen MR) is 93.4 cm³/mol. The first-order valence-corrected chi connectivity index (χ1v) is 9.57. The lowest BCUT2D eigenvalue weighted by atomic mass is 10.3. The summed E-state index contributed by atoms with van der Waals surface area (Å²) in [5.41, 5.74) is 1.31. The quantitative estimate of drug-likeness (QED) is 0.658. The van der Waals surface area contributed by atoms with Gasteiger partial charge < -0.3 is 10.2 Å². The zero-order valence-corrected chi connectivity index (χ0v) is 14.8. The van der Waals surface area contributed by atoms with Crippen LogP contribution in [0, 0.1) is 0 Å². The summed E-state index contributed by atoms with van der Waals surface area (Å²) in [6.45, 7) is 10.1. The first-order valence-electron chi connectivity index (χ1n) is 8.75. The average molecular weight is 310 g/mol. The van der Waals surface area contributed by atoms with E-state index in [-0.39, 0.29) is 0 Å². The molecule has 1 saturated carbocycles. The van der Waals surface area contributed by atoms with Crippen molar-refractivity contribution in [3.63, 3.8) is 0 Å². The van der Waals surface area contributed by atoms with Crippen LogP contribution < -0.4 is 10.2 Å². The molecule has 0 atom stereocenters. The van der Waals surface area contributed by atoms with Crippen LogP contribution in [0.15, 0.2) is 0 Å². The number of rotatable bonds is 11. The van der Waals surface area contributed by atoms with E-state index in [0.717, 1.165) is 32.1 Å². The van der Waals surface area contributed by atoms with Crippen molar-refractivity contribution < 1.29 is 0 Å². The molecule has 4 heteroatoms. The fraction of sp³-hybridized carbons (Fsp3) is 0.824. The van der Waals surface area contributed by atoms with E-state index in [4.69, 9.17) is 4.98 Å². The Morgan fingerprint density at radius 3 is 2.33 bits per heavy atom. The number of aryl methyl sites for hydroxylation is 1. The maximum atomic E-state index is 4.94. The second-order valence-electron chi connectivity index (χ2n) is 6.07. The number of aromatic nitrogens is 1. The molecule has 21 heavy (non-hydrogen) atoms. The fourth-order valence-electron chi connectivity index (χ4n) is 2.44. The van der Waals surface area contributed by atoms with Crippen molar-refractivity contribution in [3.05, 3.63) is 10.6 Å². The summed E-state index contributed by atoms with van der Waals surface area (Å²) in [6, 6.07) is 0.775. The Morgan fingerprint density at radius 1 is 1.14 bits per heavy atom. The highest BCUT2D eigenvalue weighted by molar-refractivity contribution is 7.15. The molecule has 0 amide bonds. The van der Waals surface area contributed by atoms with E-state index < -0.39 is 0 Å². The molecule has 1 aromatic heterocycles. The number of nitrogens with one attached hydrogen (secondary N) is 1. The molecule has 0 unspecified atom stereocenters. The Labute approximate surface area is 134 Å². The van der Waals surface area contributed by atoms with E-state index >= 15 is 0 Å². The van der Waals surface area contributed by atoms with Gasteiger partial charge in [-0.15, -0.1) is 11.3 Å². The molecule has 2 rings (SSSR count). The SMILES string of the molecule is CCCCN(CCCC)c1nc(CC)c(CNC2CC2)s1. The van der Waals surface area contributed by atoms with Gasteiger partial charge in [-0.3, -0.25) is 0 Å². The molecule has 3 nitrogen and oxygen atoms in total. The van der Waals surface area contributed by atoms with Crippen LogP contribution >= 0.6 is 11.3 Å². The second-order valence-corrected chi connectivity index (χ2v) is 7.13. The predicted octanol–water partition coefficient (Wildman–Crippen LogP) is 4.36. The van der Waals surface area contributed by atoms with Gasteiger partial charge in [-0.05, 0) is 32.1 Å². The molecule has 0 aliphatic heterocycles. The molecule has 1 fully saturated rings. The molecule has 0 saturated heterocycles. The van der Waals surface area contributed by atoms with Crippen molar-refractivity contribution in [3.8, 4) is 0 Å². The Balaban J connectivity index is 2.02. The van der Waals surface area contributed by atoms with Gasteiger partial charge >= 0.3 is 0 Å². The molecule has 1 aromatic rings. The lowest BCUT2D eigenvalue weighted by Gasteiger charge is -2.21. The van der Waals surface area contributed by atoms with Gasteiger partial charge in [0.05, 0.1) is 5.69 Å². The van der Waals surface area contributed by atoms with Crippen molar-refractivity contribution >= 4 is 16.5 Å². The van der Waals surface area contributed by atoms with Crippen molar-refractivity contribution in [2.45, 2.75) is 78.3 Å². The van der Waals surface area contributed by atoms with Gasteiger partial charge in [0.1, 0.15) is 0 Å². The zero-order chi connectivity index (χ0) is 15.1. The lowest BCUT2D eigenvalue weighted by molar-refractivity contribution is 0.674. The van der Waals surface area contributed by atoms with E-state index in [9.17, 15) is 0 Å². The molecule has 1 heterocycles. The van der Waals surface area contributed by atoms with Gasteiger partial charge in [0, 0.05) is 30.6 Å². The topological polar surface area (TPSA) is 28.2 Å². The first kappa shape index (κ1) is 16.8. The normalized spacial score (nSPS) is 14.6. The molecule has 1 aliphatic rings. The lowest BCUT2D eigenvalue weighted by Crippen LogP contribution is -2.25. The molecule has 0 spiro atoms. The van der Waals surface area contributed by atoms with E-state index in [2.05, 4.69) is 31.0 Å². The largest absolute Gasteiger partial charge is 0.348 e. The summed E-state index contributed by atoms with van der Waals surface area (Å²) in [4.78, 5) is 8.90. The molecule has 120 valence electrons. The number of hydrogen-bond donors (Lipinski definition) is 1. The Bertz CT molecular complexity index is 404. The smallest absolute Gasteiger partial charge is 0.185 e. The monoisotopic (exact) mass is 309 g/mol. The third-order valence-electron chi connectivity index (χ3n) is 4.06. The number of unbranched alkanes of at least 4 members (excludes halogenated alkanes) is 2. The zero-order valence-electron chi connectivity index (χ0n) is 14.0. The summed E-state index contributed by atoms with van der Waals surface area (Å²) in [5.74, 6) is 0. The third-order valence-corrected chi connectivity index (χ3v) is 5.22. The molecular formula is C17H31N3S. The number of thiazole rings is 1. The van der Waals surface area contributed by atoms with Crippen LogP contribution in [0.1, 0.15) is 69.9 Å². The van der Waals surface area contributed by atoms with Crippen LogP contribution in [0.2, 0.25) is 0 Å². The van der Waals surface area contributed by atoms with Crippen LogP contribution in [-0.4, -0.2) is 24.1 Å². The standard InChI is InChI=1S/C17H31N3S/c1-4-7-11-20(12-8-5-2)17-19-15(6-3)16(21-17)13-18-14-9-10-14/h14,18H,4-13H2,1-3H3. The highest BCUT2D eigenvalue weighted by Crippen LogP contribution is 2.29. The molecular weight excluding hydrogens is 278 g/mol.